The number of ether oxygens (including phenoxy) is 1. The van der Waals surface area contributed by atoms with Crippen LogP contribution in [0.25, 0.3) is 0 Å². The fourth-order valence-corrected chi connectivity index (χ4v) is 4.41. The molecule has 33 heavy (non-hydrogen) atoms. The maximum absolute atomic E-state index is 12.7. The number of rotatable bonds is 10. The zero-order chi connectivity index (χ0) is 23.8. The average molecular weight is 468 g/mol. The molecule has 8 heteroatoms. The van der Waals surface area contributed by atoms with E-state index in [0.29, 0.717) is 30.2 Å². The Labute approximate surface area is 195 Å². The van der Waals surface area contributed by atoms with Gasteiger partial charge >= 0.3 is 0 Å². The molecule has 3 aromatic rings. The lowest BCUT2D eigenvalue weighted by Gasteiger charge is -2.25. The van der Waals surface area contributed by atoms with Crippen molar-refractivity contribution in [1.29, 1.82) is 0 Å². The van der Waals surface area contributed by atoms with Gasteiger partial charge in [0.2, 0.25) is 0 Å². The molecule has 0 heterocycles. The molecule has 1 amide bonds. The highest BCUT2D eigenvalue weighted by Crippen LogP contribution is 2.20. The summed E-state index contributed by atoms with van der Waals surface area (Å²) in [5, 5.41) is 2.93. The van der Waals surface area contributed by atoms with E-state index in [-0.39, 0.29) is 16.8 Å². The first-order valence-electron chi connectivity index (χ1n) is 10.7. The SMILES string of the molecule is CCOc1ccc(NS(=O)(=O)c2ccc(C(=O)NCC(c3ccccc3)N(C)C)cc2)cc1. The van der Waals surface area contributed by atoms with Crippen LogP contribution < -0.4 is 14.8 Å². The number of carbonyl (C=O) groups is 1. The van der Waals surface area contributed by atoms with Crippen LogP contribution in [0, 0.1) is 0 Å². The Kier molecular flexibility index (Phi) is 8.08. The van der Waals surface area contributed by atoms with E-state index in [9.17, 15) is 13.2 Å². The Morgan fingerprint density at radius 1 is 0.939 bits per heavy atom. The fraction of sp³-hybridized carbons (Fsp3) is 0.240. The zero-order valence-electron chi connectivity index (χ0n) is 19.0. The molecule has 0 saturated carbocycles. The third kappa shape index (κ3) is 6.57. The highest BCUT2D eigenvalue weighted by Gasteiger charge is 2.18. The number of carbonyl (C=O) groups excluding carboxylic acids is 1. The Morgan fingerprint density at radius 2 is 1.58 bits per heavy atom. The van der Waals surface area contributed by atoms with Crippen molar-refractivity contribution in [3.63, 3.8) is 0 Å². The summed E-state index contributed by atoms with van der Waals surface area (Å²) in [7, 11) is 0.135. The van der Waals surface area contributed by atoms with Gasteiger partial charge in [-0.2, -0.15) is 0 Å². The molecular weight excluding hydrogens is 438 g/mol. The van der Waals surface area contributed by atoms with Crippen LogP contribution in [-0.2, 0) is 10.0 Å². The summed E-state index contributed by atoms with van der Waals surface area (Å²) >= 11 is 0. The van der Waals surface area contributed by atoms with E-state index in [1.165, 1.54) is 24.3 Å². The molecule has 0 aliphatic heterocycles. The van der Waals surface area contributed by atoms with E-state index in [1.54, 1.807) is 24.3 Å². The van der Waals surface area contributed by atoms with Crippen LogP contribution in [0.1, 0.15) is 28.9 Å². The molecule has 3 rings (SSSR count). The minimum Gasteiger partial charge on any atom is -0.494 e. The second-order valence-electron chi connectivity index (χ2n) is 7.69. The van der Waals surface area contributed by atoms with Gasteiger partial charge in [0, 0.05) is 17.8 Å². The van der Waals surface area contributed by atoms with Crippen molar-refractivity contribution in [2.75, 3.05) is 32.0 Å². The first kappa shape index (κ1) is 24.3. The first-order chi connectivity index (χ1) is 15.8. The molecule has 174 valence electrons. The normalized spacial score (nSPS) is 12.2. The monoisotopic (exact) mass is 467 g/mol. The van der Waals surface area contributed by atoms with Crippen molar-refractivity contribution in [3.8, 4) is 5.75 Å². The van der Waals surface area contributed by atoms with Gasteiger partial charge < -0.3 is 15.0 Å². The van der Waals surface area contributed by atoms with Crippen LogP contribution in [0.4, 0.5) is 5.69 Å². The van der Waals surface area contributed by atoms with Crippen molar-refractivity contribution in [2.45, 2.75) is 17.9 Å². The van der Waals surface area contributed by atoms with Gasteiger partial charge in [0.25, 0.3) is 15.9 Å². The summed E-state index contributed by atoms with van der Waals surface area (Å²) in [5.74, 6) is 0.404. The summed E-state index contributed by atoms with van der Waals surface area (Å²) in [4.78, 5) is 14.7. The van der Waals surface area contributed by atoms with E-state index < -0.39 is 10.0 Å². The van der Waals surface area contributed by atoms with Gasteiger partial charge in [-0.1, -0.05) is 30.3 Å². The third-order valence-corrected chi connectivity index (χ3v) is 6.51. The molecule has 0 radical (unpaired) electrons. The van der Waals surface area contributed by atoms with Gasteiger partial charge in [-0.3, -0.25) is 9.52 Å². The van der Waals surface area contributed by atoms with Crippen molar-refractivity contribution in [1.82, 2.24) is 10.2 Å². The molecule has 0 spiro atoms. The van der Waals surface area contributed by atoms with Crippen molar-refractivity contribution in [3.05, 3.63) is 90.0 Å². The maximum atomic E-state index is 12.7. The summed E-state index contributed by atoms with van der Waals surface area (Å²) in [5.41, 5.74) is 1.92. The van der Waals surface area contributed by atoms with Gasteiger partial charge in [-0.25, -0.2) is 8.42 Å². The Hall–Kier alpha value is -3.36. The van der Waals surface area contributed by atoms with E-state index >= 15 is 0 Å². The summed E-state index contributed by atoms with van der Waals surface area (Å²) in [6.45, 7) is 2.84. The lowest BCUT2D eigenvalue weighted by Crippen LogP contribution is -2.34. The highest BCUT2D eigenvalue weighted by molar-refractivity contribution is 7.92. The predicted octanol–water partition coefficient (Wildman–Crippen LogP) is 3.92. The molecule has 0 aliphatic carbocycles. The fourth-order valence-electron chi connectivity index (χ4n) is 3.35. The van der Waals surface area contributed by atoms with Gasteiger partial charge in [0.1, 0.15) is 5.75 Å². The molecule has 1 unspecified atom stereocenters. The molecule has 2 N–H and O–H groups in total. The van der Waals surface area contributed by atoms with Gasteiger partial charge in [0.15, 0.2) is 0 Å². The van der Waals surface area contributed by atoms with Gasteiger partial charge in [-0.15, -0.1) is 0 Å². The third-order valence-electron chi connectivity index (χ3n) is 5.11. The van der Waals surface area contributed by atoms with Crippen LogP contribution in [-0.4, -0.2) is 46.5 Å². The Balaban J connectivity index is 1.64. The van der Waals surface area contributed by atoms with Gasteiger partial charge in [-0.05, 0) is 75.1 Å². The minimum atomic E-state index is -3.78. The van der Waals surface area contributed by atoms with E-state index in [4.69, 9.17) is 4.74 Å². The van der Waals surface area contributed by atoms with Gasteiger partial charge in [0.05, 0.1) is 17.5 Å². The highest BCUT2D eigenvalue weighted by atomic mass is 32.2. The lowest BCUT2D eigenvalue weighted by molar-refractivity contribution is 0.0942. The van der Waals surface area contributed by atoms with E-state index in [1.807, 2.05) is 56.3 Å². The van der Waals surface area contributed by atoms with Crippen LogP contribution in [0.2, 0.25) is 0 Å². The number of hydrogen-bond donors (Lipinski definition) is 2. The summed E-state index contributed by atoms with van der Waals surface area (Å²) < 4.78 is 33.3. The maximum Gasteiger partial charge on any atom is 0.261 e. The van der Waals surface area contributed by atoms with Crippen LogP contribution in [0.15, 0.2) is 83.8 Å². The number of anilines is 1. The molecule has 0 saturated heterocycles. The van der Waals surface area contributed by atoms with E-state index in [2.05, 4.69) is 10.0 Å². The number of nitrogens with one attached hydrogen (secondary N) is 2. The molecule has 0 bridgehead atoms. The second-order valence-corrected chi connectivity index (χ2v) is 9.37. The first-order valence-corrected chi connectivity index (χ1v) is 12.1. The lowest BCUT2D eigenvalue weighted by atomic mass is 10.1. The number of amides is 1. The molecule has 7 nitrogen and oxygen atoms in total. The average Bonchev–Trinajstić information content (AvgIpc) is 2.81. The predicted molar refractivity (Wildman–Crippen MR) is 130 cm³/mol. The molecule has 0 aliphatic rings. The van der Waals surface area contributed by atoms with Crippen LogP contribution in [0.3, 0.4) is 0 Å². The number of sulfonamides is 1. The standard InChI is InChI=1S/C25H29N3O4S/c1-4-32-22-14-12-21(13-15-22)27-33(30,31)23-16-10-20(11-17-23)25(29)26-18-24(28(2)3)19-8-6-5-7-9-19/h5-17,24,27H,4,18H2,1-3H3,(H,26,29). The minimum absolute atomic E-state index is 0.0214. The van der Waals surface area contributed by atoms with Crippen molar-refractivity contribution >= 4 is 21.6 Å². The molecular formula is C25H29N3O4S. The summed E-state index contributed by atoms with van der Waals surface area (Å²) in [6.07, 6.45) is 0. The number of benzene rings is 3. The quantitative estimate of drug-likeness (QED) is 0.472. The topological polar surface area (TPSA) is 87.7 Å². The molecule has 3 aromatic carbocycles. The van der Waals surface area contributed by atoms with E-state index in [0.717, 1.165) is 5.56 Å². The number of likely N-dealkylation sites (N-methyl/N-ethyl adjacent to an activating group) is 1. The zero-order valence-corrected chi connectivity index (χ0v) is 19.8. The number of nitrogens with zero attached hydrogens (tertiary/aromatic N) is 1. The van der Waals surface area contributed by atoms with Crippen molar-refractivity contribution < 1.29 is 17.9 Å². The Bertz CT molecular complexity index is 1150. The second kappa shape index (κ2) is 11.0. The van der Waals surface area contributed by atoms with Crippen LogP contribution in [0.5, 0.6) is 5.75 Å². The molecule has 0 fully saturated rings. The number of hydrogen-bond acceptors (Lipinski definition) is 5. The smallest absolute Gasteiger partial charge is 0.261 e. The summed E-state index contributed by atoms with van der Waals surface area (Å²) in [6, 6.07) is 22.5. The molecule has 1 atom stereocenters. The van der Waals surface area contributed by atoms with Crippen LogP contribution >= 0.6 is 0 Å². The largest absolute Gasteiger partial charge is 0.494 e. The molecule has 0 aromatic heterocycles. The Morgan fingerprint density at radius 3 is 2.15 bits per heavy atom. The van der Waals surface area contributed by atoms with Crippen molar-refractivity contribution in [2.24, 2.45) is 0 Å².